The van der Waals surface area contributed by atoms with Gasteiger partial charge in [0.25, 0.3) is 0 Å². The van der Waals surface area contributed by atoms with Gasteiger partial charge >= 0.3 is 0 Å². The summed E-state index contributed by atoms with van der Waals surface area (Å²) in [5.41, 5.74) is 1.51. The molecule has 20 heavy (non-hydrogen) atoms. The third kappa shape index (κ3) is 5.28. The predicted molar refractivity (Wildman–Crippen MR) is 87.0 cm³/mol. The smallest absolute Gasteiger partial charge is 0.0628 e. The van der Waals surface area contributed by atoms with E-state index in [4.69, 9.17) is 5.10 Å². The second-order valence-corrected chi connectivity index (χ2v) is 7.37. The van der Waals surface area contributed by atoms with Crippen molar-refractivity contribution < 1.29 is 0 Å². The van der Waals surface area contributed by atoms with Crippen molar-refractivity contribution in [1.29, 1.82) is 0 Å². The fraction of sp³-hybridized carbons (Fsp3) is 0.824. The highest BCUT2D eigenvalue weighted by Gasteiger charge is 2.25. The van der Waals surface area contributed by atoms with Gasteiger partial charge in [-0.1, -0.05) is 41.5 Å². The third-order valence-electron chi connectivity index (χ3n) is 4.16. The summed E-state index contributed by atoms with van der Waals surface area (Å²) < 4.78 is 2.10. The molecule has 3 nitrogen and oxygen atoms in total. The van der Waals surface area contributed by atoms with Gasteiger partial charge in [-0.2, -0.15) is 5.10 Å². The summed E-state index contributed by atoms with van der Waals surface area (Å²) in [6.45, 7) is 16.9. The molecule has 3 heteroatoms. The molecule has 0 amide bonds. The average Bonchev–Trinajstić information content (AvgIpc) is 2.80. The Kier molecular flexibility index (Phi) is 6.25. The molecule has 0 saturated heterocycles. The quantitative estimate of drug-likeness (QED) is 0.816. The first kappa shape index (κ1) is 17.2. The van der Waals surface area contributed by atoms with Crippen LogP contribution in [0.25, 0.3) is 0 Å². The molecular formula is C17H33N3. The molecule has 0 aromatic carbocycles. The summed E-state index contributed by atoms with van der Waals surface area (Å²) in [6, 6.07) is 3.21. The lowest BCUT2D eigenvalue weighted by atomic mass is 9.78. The molecular weight excluding hydrogens is 246 g/mol. The van der Waals surface area contributed by atoms with Crippen LogP contribution in [0, 0.1) is 11.3 Å². The van der Waals surface area contributed by atoms with Crippen LogP contribution in [0.4, 0.5) is 0 Å². The van der Waals surface area contributed by atoms with E-state index >= 15 is 0 Å². The summed E-state index contributed by atoms with van der Waals surface area (Å²) >= 11 is 0. The minimum Gasteiger partial charge on any atom is -0.314 e. The van der Waals surface area contributed by atoms with E-state index in [1.165, 1.54) is 5.69 Å². The van der Waals surface area contributed by atoms with Crippen LogP contribution in [-0.2, 0) is 6.42 Å². The lowest BCUT2D eigenvalue weighted by Crippen LogP contribution is -2.36. The second kappa shape index (κ2) is 7.26. The molecule has 1 aromatic rings. The molecule has 0 aliphatic heterocycles. The largest absolute Gasteiger partial charge is 0.314 e. The van der Waals surface area contributed by atoms with Gasteiger partial charge in [0.2, 0.25) is 0 Å². The molecule has 0 aliphatic rings. The lowest BCUT2D eigenvalue weighted by molar-refractivity contribution is 0.224. The van der Waals surface area contributed by atoms with Gasteiger partial charge in [-0.15, -0.1) is 0 Å². The Morgan fingerprint density at radius 3 is 2.40 bits per heavy atom. The molecule has 0 bridgehead atoms. The van der Waals surface area contributed by atoms with Gasteiger partial charge in [0, 0.05) is 18.3 Å². The highest BCUT2D eigenvalue weighted by atomic mass is 15.3. The zero-order valence-electron chi connectivity index (χ0n) is 14.4. The Balaban J connectivity index is 2.71. The van der Waals surface area contributed by atoms with Gasteiger partial charge in [0.15, 0.2) is 0 Å². The first-order valence-electron chi connectivity index (χ1n) is 8.01. The van der Waals surface area contributed by atoms with Gasteiger partial charge in [-0.25, -0.2) is 0 Å². The molecule has 0 spiro atoms. The van der Waals surface area contributed by atoms with Crippen molar-refractivity contribution in [1.82, 2.24) is 15.1 Å². The van der Waals surface area contributed by atoms with E-state index in [1.54, 1.807) is 0 Å². The van der Waals surface area contributed by atoms with Crippen molar-refractivity contribution in [2.45, 2.75) is 73.4 Å². The van der Waals surface area contributed by atoms with E-state index in [9.17, 15) is 0 Å². The van der Waals surface area contributed by atoms with Crippen molar-refractivity contribution in [3.63, 3.8) is 0 Å². The Labute approximate surface area is 125 Å². The van der Waals surface area contributed by atoms with Crippen LogP contribution >= 0.6 is 0 Å². The lowest BCUT2D eigenvalue weighted by Gasteiger charge is -2.31. The van der Waals surface area contributed by atoms with Crippen molar-refractivity contribution in [2.24, 2.45) is 11.3 Å². The average molecular weight is 279 g/mol. The van der Waals surface area contributed by atoms with Gasteiger partial charge in [-0.05, 0) is 43.7 Å². The fourth-order valence-electron chi connectivity index (χ4n) is 2.23. The Morgan fingerprint density at radius 2 is 1.90 bits per heavy atom. The molecule has 0 radical (unpaired) electrons. The molecule has 1 rings (SSSR count). The van der Waals surface area contributed by atoms with Crippen LogP contribution in [-0.4, -0.2) is 22.4 Å². The standard InChI is InChI=1S/C17H33N3/c1-8-14(4)20-10-9-16(19-20)11-15(17(5,6)7)12-18-13(2)3/h9-10,13-15,18H,8,11-12H2,1-7H3. The highest BCUT2D eigenvalue weighted by Crippen LogP contribution is 2.28. The maximum atomic E-state index is 4.75. The van der Waals surface area contributed by atoms with Crippen molar-refractivity contribution in [3.05, 3.63) is 18.0 Å². The topological polar surface area (TPSA) is 29.9 Å². The first-order valence-corrected chi connectivity index (χ1v) is 8.01. The van der Waals surface area contributed by atoms with Crippen LogP contribution in [0.2, 0.25) is 0 Å². The van der Waals surface area contributed by atoms with Gasteiger partial charge in [0.1, 0.15) is 0 Å². The third-order valence-corrected chi connectivity index (χ3v) is 4.16. The summed E-state index contributed by atoms with van der Waals surface area (Å²) in [5, 5.41) is 8.33. The van der Waals surface area contributed by atoms with Crippen LogP contribution in [0.3, 0.4) is 0 Å². The molecule has 0 aliphatic carbocycles. The summed E-state index contributed by atoms with van der Waals surface area (Å²) in [4.78, 5) is 0. The first-order chi connectivity index (χ1) is 9.24. The number of nitrogens with zero attached hydrogens (tertiary/aromatic N) is 2. The van der Waals surface area contributed by atoms with Crippen molar-refractivity contribution >= 4 is 0 Å². The summed E-state index contributed by atoms with van der Waals surface area (Å²) in [5.74, 6) is 0.602. The summed E-state index contributed by atoms with van der Waals surface area (Å²) in [7, 11) is 0. The fourth-order valence-corrected chi connectivity index (χ4v) is 2.23. The number of nitrogens with one attached hydrogen (secondary N) is 1. The van der Waals surface area contributed by atoms with Crippen molar-refractivity contribution in [2.75, 3.05) is 6.54 Å². The molecule has 1 N–H and O–H groups in total. The number of hydrogen-bond donors (Lipinski definition) is 1. The predicted octanol–water partition coefficient (Wildman–Crippen LogP) is 4.06. The number of rotatable bonds is 7. The zero-order valence-corrected chi connectivity index (χ0v) is 14.4. The Hall–Kier alpha value is -0.830. The normalized spacial score (nSPS) is 15.6. The van der Waals surface area contributed by atoms with Crippen LogP contribution in [0.5, 0.6) is 0 Å². The molecule has 0 fully saturated rings. The monoisotopic (exact) mass is 279 g/mol. The van der Waals surface area contributed by atoms with Gasteiger partial charge in [0.05, 0.1) is 5.69 Å². The molecule has 116 valence electrons. The number of aromatic nitrogens is 2. The minimum absolute atomic E-state index is 0.294. The number of hydrogen-bond acceptors (Lipinski definition) is 2. The van der Waals surface area contributed by atoms with E-state index in [2.05, 4.69) is 70.7 Å². The Bertz CT molecular complexity index is 387. The van der Waals surface area contributed by atoms with E-state index in [-0.39, 0.29) is 0 Å². The van der Waals surface area contributed by atoms with Gasteiger partial charge in [-0.3, -0.25) is 4.68 Å². The van der Waals surface area contributed by atoms with Crippen LogP contribution < -0.4 is 5.32 Å². The van der Waals surface area contributed by atoms with Gasteiger partial charge < -0.3 is 5.32 Å². The van der Waals surface area contributed by atoms with E-state index in [1.807, 2.05) is 0 Å². The van der Waals surface area contributed by atoms with E-state index < -0.39 is 0 Å². The molecule has 2 atom stereocenters. The molecule has 1 heterocycles. The van der Waals surface area contributed by atoms with Crippen LogP contribution in [0.1, 0.15) is 66.6 Å². The molecule has 0 saturated carbocycles. The van der Waals surface area contributed by atoms with Crippen LogP contribution in [0.15, 0.2) is 12.3 Å². The maximum absolute atomic E-state index is 4.75. The maximum Gasteiger partial charge on any atom is 0.0628 e. The summed E-state index contributed by atoms with van der Waals surface area (Å²) in [6.07, 6.45) is 4.30. The minimum atomic E-state index is 0.294. The molecule has 2 unspecified atom stereocenters. The highest BCUT2D eigenvalue weighted by molar-refractivity contribution is 5.02. The van der Waals surface area contributed by atoms with E-state index in [0.717, 1.165) is 19.4 Å². The Morgan fingerprint density at radius 1 is 1.25 bits per heavy atom. The molecule has 1 aromatic heterocycles. The second-order valence-electron chi connectivity index (χ2n) is 7.37. The SMILES string of the molecule is CCC(C)n1ccc(CC(CNC(C)C)C(C)(C)C)n1. The van der Waals surface area contributed by atoms with E-state index in [0.29, 0.717) is 23.4 Å². The van der Waals surface area contributed by atoms with Crippen molar-refractivity contribution in [3.8, 4) is 0 Å². The zero-order chi connectivity index (χ0) is 15.3.